The molecule has 102 valence electrons. The van der Waals surface area contributed by atoms with Crippen LogP contribution in [0, 0.1) is 10.6 Å². The van der Waals surface area contributed by atoms with Crippen LogP contribution in [0.3, 0.4) is 0 Å². The summed E-state index contributed by atoms with van der Waals surface area (Å²) >= 11 is 2.09. The number of benzene rings is 1. The molecule has 6 heteroatoms. The Balaban J connectivity index is 2.74. The lowest BCUT2D eigenvalue weighted by atomic mass is 10.0. The molecule has 0 spiro atoms. The van der Waals surface area contributed by atoms with Crippen LogP contribution in [0.25, 0.3) is 16.6 Å². The van der Waals surface area contributed by atoms with Crippen LogP contribution in [0.2, 0.25) is 0 Å². The molecule has 2 aromatic heterocycles. The lowest BCUT2D eigenvalue weighted by Gasteiger charge is -2.11. The summed E-state index contributed by atoms with van der Waals surface area (Å²) in [6.07, 6.45) is 1.65. The Morgan fingerprint density at radius 1 is 1.35 bits per heavy atom. The first kappa shape index (κ1) is 13.3. The van der Waals surface area contributed by atoms with Crippen molar-refractivity contribution in [2.45, 2.75) is 13.8 Å². The van der Waals surface area contributed by atoms with Crippen LogP contribution < -0.4 is 5.56 Å². The quantitative estimate of drug-likeness (QED) is 0.480. The van der Waals surface area contributed by atoms with Crippen LogP contribution in [0.1, 0.15) is 22.8 Å². The summed E-state index contributed by atoms with van der Waals surface area (Å²) in [7, 11) is 1.72. The van der Waals surface area contributed by atoms with Gasteiger partial charge in [-0.25, -0.2) is 4.98 Å². The van der Waals surface area contributed by atoms with Crippen molar-refractivity contribution < 1.29 is 4.79 Å². The first-order valence-electron chi connectivity index (χ1n) is 6.08. The minimum Gasteiger partial charge on any atom is -0.295 e. The molecule has 3 rings (SSSR count). The Hall–Kier alpha value is -1.70. The molecule has 0 saturated carbocycles. The zero-order chi connectivity index (χ0) is 14.6. The molecule has 3 aromatic rings. The van der Waals surface area contributed by atoms with E-state index in [-0.39, 0.29) is 11.3 Å². The van der Waals surface area contributed by atoms with E-state index in [1.807, 2.05) is 23.5 Å². The van der Waals surface area contributed by atoms with Gasteiger partial charge in [0.05, 0.1) is 10.9 Å². The van der Waals surface area contributed by atoms with Gasteiger partial charge in [-0.1, -0.05) is 0 Å². The normalized spacial score (nSPS) is 11.4. The number of rotatable bonds is 1. The van der Waals surface area contributed by atoms with Crippen LogP contribution >= 0.6 is 22.6 Å². The highest BCUT2D eigenvalue weighted by Gasteiger charge is 2.17. The summed E-state index contributed by atoms with van der Waals surface area (Å²) in [6.45, 7) is 3.40. The largest absolute Gasteiger partial charge is 0.295 e. The van der Waals surface area contributed by atoms with E-state index in [4.69, 9.17) is 0 Å². The molecular formula is C14H12IN3O2. The number of aryl methyl sites for hydroxylation is 2. The highest BCUT2D eigenvalue weighted by atomic mass is 127. The van der Waals surface area contributed by atoms with E-state index >= 15 is 0 Å². The Labute approximate surface area is 128 Å². The minimum atomic E-state index is -0.114. The SMILES string of the molecule is CC(=O)c1cc(C)cc2c(=O)n(C)c3c(I)ncn3c12. The van der Waals surface area contributed by atoms with Crippen molar-refractivity contribution >= 4 is 44.9 Å². The van der Waals surface area contributed by atoms with E-state index in [9.17, 15) is 9.59 Å². The van der Waals surface area contributed by atoms with Crippen molar-refractivity contribution in [2.75, 3.05) is 0 Å². The summed E-state index contributed by atoms with van der Waals surface area (Å²) in [5.41, 5.74) is 2.67. The van der Waals surface area contributed by atoms with Crippen LogP contribution in [-0.4, -0.2) is 19.7 Å². The van der Waals surface area contributed by atoms with E-state index < -0.39 is 0 Å². The van der Waals surface area contributed by atoms with E-state index in [1.165, 1.54) is 6.92 Å². The van der Waals surface area contributed by atoms with Gasteiger partial charge >= 0.3 is 0 Å². The van der Waals surface area contributed by atoms with Crippen LogP contribution in [0.4, 0.5) is 0 Å². The standard InChI is InChI=1S/C14H12IN3O2/c1-7-4-9(8(2)19)11-10(5-7)14(20)17(3)13-12(15)16-6-18(11)13/h4-6H,1-3H3. The fraction of sp³-hybridized carbons (Fsp3) is 0.214. The Morgan fingerprint density at radius 3 is 2.70 bits per heavy atom. The first-order valence-corrected chi connectivity index (χ1v) is 7.16. The maximum Gasteiger partial charge on any atom is 0.261 e. The van der Waals surface area contributed by atoms with Crippen LogP contribution in [0.5, 0.6) is 0 Å². The maximum absolute atomic E-state index is 12.5. The van der Waals surface area contributed by atoms with Crippen molar-refractivity contribution in [1.82, 2.24) is 14.0 Å². The molecule has 0 aliphatic carbocycles. The number of aromatic nitrogens is 3. The second-order valence-electron chi connectivity index (χ2n) is 4.86. The summed E-state index contributed by atoms with van der Waals surface area (Å²) < 4.78 is 4.12. The fourth-order valence-electron chi connectivity index (χ4n) is 2.53. The van der Waals surface area contributed by atoms with Crippen molar-refractivity contribution in [1.29, 1.82) is 0 Å². The number of Topliss-reactive ketones (excluding diaryl/α,β-unsaturated/α-hetero) is 1. The molecule has 0 bridgehead atoms. The molecule has 0 aliphatic rings. The van der Waals surface area contributed by atoms with Gasteiger partial charge in [0, 0.05) is 12.6 Å². The monoisotopic (exact) mass is 381 g/mol. The third-order valence-electron chi connectivity index (χ3n) is 3.43. The van der Waals surface area contributed by atoms with Gasteiger partial charge < -0.3 is 0 Å². The minimum absolute atomic E-state index is 0.0584. The average Bonchev–Trinajstić information content (AvgIpc) is 2.77. The molecule has 5 nitrogen and oxygen atoms in total. The molecule has 0 fully saturated rings. The smallest absolute Gasteiger partial charge is 0.261 e. The molecule has 0 atom stereocenters. The summed E-state index contributed by atoms with van der Waals surface area (Å²) in [6, 6.07) is 3.63. The topological polar surface area (TPSA) is 56.4 Å². The highest BCUT2D eigenvalue weighted by molar-refractivity contribution is 14.1. The van der Waals surface area contributed by atoms with Gasteiger partial charge in [-0.05, 0) is 54.1 Å². The second kappa shape index (κ2) is 4.41. The number of hydrogen-bond acceptors (Lipinski definition) is 3. The average molecular weight is 381 g/mol. The van der Waals surface area contributed by atoms with Crippen molar-refractivity contribution in [3.63, 3.8) is 0 Å². The van der Waals surface area contributed by atoms with Crippen molar-refractivity contribution in [3.8, 4) is 0 Å². The number of fused-ring (bicyclic) bond motifs is 3. The molecular weight excluding hydrogens is 369 g/mol. The summed E-state index contributed by atoms with van der Waals surface area (Å²) in [4.78, 5) is 28.7. The lowest BCUT2D eigenvalue weighted by Crippen LogP contribution is -2.21. The van der Waals surface area contributed by atoms with E-state index in [2.05, 4.69) is 27.6 Å². The number of nitrogens with zero attached hydrogens (tertiary/aromatic N) is 3. The number of ketones is 1. The van der Waals surface area contributed by atoms with Gasteiger partial charge in [0.15, 0.2) is 11.4 Å². The molecule has 0 amide bonds. The number of imidazole rings is 1. The lowest BCUT2D eigenvalue weighted by molar-refractivity contribution is 0.101. The van der Waals surface area contributed by atoms with Gasteiger partial charge in [-0.3, -0.25) is 18.6 Å². The Morgan fingerprint density at radius 2 is 2.05 bits per heavy atom. The van der Waals surface area contributed by atoms with Gasteiger partial charge in [-0.2, -0.15) is 0 Å². The second-order valence-corrected chi connectivity index (χ2v) is 5.88. The number of halogens is 1. The number of hydrogen-bond donors (Lipinski definition) is 0. The zero-order valence-corrected chi connectivity index (χ0v) is 13.4. The third kappa shape index (κ3) is 1.71. The summed E-state index contributed by atoms with van der Waals surface area (Å²) in [5, 5.41) is 0.541. The van der Waals surface area contributed by atoms with E-state index in [1.54, 1.807) is 17.9 Å². The third-order valence-corrected chi connectivity index (χ3v) is 4.19. The highest BCUT2D eigenvalue weighted by Crippen LogP contribution is 2.22. The van der Waals surface area contributed by atoms with Crippen LogP contribution in [-0.2, 0) is 7.05 Å². The molecule has 0 unspecified atom stereocenters. The Kier molecular flexibility index (Phi) is 2.93. The van der Waals surface area contributed by atoms with Crippen LogP contribution in [0.15, 0.2) is 23.3 Å². The van der Waals surface area contributed by atoms with E-state index in [0.29, 0.717) is 22.1 Å². The molecule has 0 saturated heterocycles. The van der Waals surface area contributed by atoms with E-state index in [0.717, 1.165) is 9.26 Å². The zero-order valence-electron chi connectivity index (χ0n) is 11.3. The van der Waals surface area contributed by atoms with Gasteiger partial charge in [0.1, 0.15) is 10.0 Å². The van der Waals surface area contributed by atoms with Gasteiger partial charge in [0.2, 0.25) is 0 Å². The van der Waals surface area contributed by atoms with Crippen molar-refractivity contribution in [2.24, 2.45) is 7.05 Å². The molecule has 1 aromatic carbocycles. The van der Waals surface area contributed by atoms with Crippen molar-refractivity contribution in [3.05, 3.63) is 43.6 Å². The predicted molar refractivity (Wildman–Crippen MR) is 85.4 cm³/mol. The maximum atomic E-state index is 12.5. The molecule has 0 radical (unpaired) electrons. The van der Waals surface area contributed by atoms with Gasteiger partial charge in [-0.15, -0.1) is 0 Å². The fourth-order valence-corrected chi connectivity index (χ4v) is 3.28. The Bertz CT molecular complexity index is 937. The predicted octanol–water partition coefficient (Wildman–Crippen LogP) is 2.30. The molecule has 2 heterocycles. The van der Waals surface area contributed by atoms with Gasteiger partial charge in [0.25, 0.3) is 5.56 Å². The number of carbonyl (C=O) groups excluding carboxylic acids is 1. The molecule has 0 N–H and O–H groups in total. The number of carbonyl (C=O) groups is 1. The first-order chi connectivity index (χ1) is 9.41. The summed E-state index contributed by atoms with van der Waals surface area (Å²) in [5.74, 6) is -0.0584. The molecule has 20 heavy (non-hydrogen) atoms. The molecule has 0 aliphatic heterocycles.